The van der Waals surface area contributed by atoms with Crippen molar-refractivity contribution >= 4 is 26.5 Å². The van der Waals surface area contributed by atoms with Crippen molar-refractivity contribution in [2.75, 3.05) is 31.1 Å². The van der Waals surface area contributed by atoms with E-state index in [-0.39, 0.29) is 24.4 Å². The van der Waals surface area contributed by atoms with Gasteiger partial charge in [0, 0.05) is 44.0 Å². The molecule has 13 heteroatoms. The lowest BCUT2D eigenvalue weighted by Crippen LogP contribution is -2.48. The Bertz CT molecular complexity index is 1240. The predicted molar refractivity (Wildman–Crippen MR) is 115 cm³/mol. The normalized spacial score (nSPS) is 15.5. The van der Waals surface area contributed by atoms with Crippen LogP contribution < -0.4 is 9.64 Å². The number of hydrogen-bond acceptors (Lipinski definition) is 6. The molecule has 1 saturated heterocycles. The predicted octanol–water partition coefficient (Wildman–Crippen LogP) is 4.42. The molecule has 0 bridgehead atoms. The number of alkyl halides is 3. The van der Waals surface area contributed by atoms with E-state index in [0.717, 1.165) is 30.3 Å². The first-order chi connectivity index (χ1) is 16.0. The molecule has 2 aromatic carbocycles. The Morgan fingerprint density at radius 3 is 2.18 bits per heavy atom. The second kappa shape index (κ2) is 9.47. The Kier molecular flexibility index (Phi) is 6.78. The second-order valence-electron chi connectivity index (χ2n) is 7.49. The highest BCUT2D eigenvalue weighted by atomic mass is 32.2. The topological polar surface area (TPSA) is 62.7 Å². The van der Waals surface area contributed by atoms with Gasteiger partial charge in [0.2, 0.25) is 10.0 Å². The van der Waals surface area contributed by atoms with Gasteiger partial charge in [0.05, 0.1) is 10.6 Å². The minimum atomic E-state index is -4.86. The van der Waals surface area contributed by atoms with E-state index >= 15 is 0 Å². The molecule has 34 heavy (non-hydrogen) atoms. The summed E-state index contributed by atoms with van der Waals surface area (Å²) in [4.78, 5) is 6.28. The number of sulfonamides is 1. The summed E-state index contributed by atoms with van der Waals surface area (Å²) < 4.78 is 94.4. The summed E-state index contributed by atoms with van der Waals surface area (Å²) in [6.07, 6.45) is -4.60. The molecule has 2 heterocycles. The van der Waals surface area contributed by atoms with Gasteiger partial charge in [0.15, 0.2) is 5.13 Å². The summed E-state index contributed by atoms with van der Waals surface area (Å²) in [5, 5.41) is 2.45. The fourth-order valence-electron chi connectivity index (χ4n) is 3.53. The third-order valence-electron chi connectivity index (χ3n) is 5.05. The maximum atomic E-state index is 13.4. The molecule has 4 rings (SSSR count). The number of benzene rings is 2. The van der Waals surface area contributed by atoms with Crippen LogP contribution in [0, 0.1) is 11.6 Å². The van der Waals surface area contributed by atoms with Crippen molar-refractivity contribution in [3.05, 3.63) is 70.7 Å². The molecule has 0 aliphatic carbocycles. The van der Waals surface area contributed by atoms with Gasteiger partial charge in [-0.15, -0.1) is 24.5 Å². The highest BCUT2D eigenvalue weighted by Crippen LogP contribution is 2.27. The zero-order valence-corrected chi connectivity index (χ0v) is 19.1. The Morgan fingerprint density at radius 2 is 1.59 bits per heavy atom. The van der Waals surface area contributed by atoms with E-state index in [1.165, 1.54) is 27.8 Å². The van der Waals surface area contributed by atoms with Gasteiger partial charge in [-0.2, -0.15) is 4.31 Å². The lowest BCUT2D eigenvalue weighted by Gasteiger charge is -2.33. The number of thiazole rings is 1. The first-order valence-corrected chi connectivity index (χ1v) is 12.3. The van der Waals surface area contributed by atoms with E-state index in [1.54, 1.807) is 5.38 Å². The third kappa shape index (κ3) is 5.83. The SMILES string of the molecule is O=S(=O)(c1ccc(OC(F)(F)F)cc1)N1CCN(c2nc(Cc3cc(F)cc(F)c3)cs2)CC1. The average molecular weight is 520 g/mol. The maximum Gasteiger partial charge on any atom is 0.573 e. The molecular formula is C21H18F5N3O3S2. The third-order valence-corrected chi connectivity index (χ3v) is 7.91. The van der Waals surface area contributed by atoms with Crippen molar-refractivity contribution in [2.24, 2.45) is 0 Å². The first-order valence-electron chi connectivity index (χ1n) is 10.00. The Hall–Kier alpha value is -2.77. The fourth-order valence-corrected chi connectivity index (χ4v) is 5.83. The van der Waals surface area contributed by atoms with Crippen molar-refractivity contribution in [1.29, 1.82) is 0 Å². The van der Waals surface area contributed by atoms with Crippen molar-refractivity contribution in [2.45, 2.75) is 17.7 Å². The van der Waals surface area contributed by atoms with Crippen molar-refractivity contribution < 1.29 is 35.1 Å². The van der Waals surface area contributed by atoms with E-state index in [1.807, 2.05) is 4.90 Å². The first kappa shape index (κ1) is 24.4. The van der Waals surface area contributed by atoms with E-state index in [4.69, 9.17) is 0 Å². The zero-order valence-electron chi connectivity index (χ0n) is 17.4. The van der Waals surface area contributed by atoms with Crippen LogP contribution in [0.15, 0.2) is 52.7 Å². The standard InChI is InChI=1S/C21H18F5N3O3S2/c22-15-9-14(10-16(23)12-15)11-17-13-33-20(27-17)28-5-7-29(8-6-28)34(30,31)19-3-1-18(2-4-19)32-21(24,25)26/h1-4,9-10,12-13H,5-8,11H2. The van der Waals surface area contributed by atoms with Gasteiger partial charge in [-0.3, -0.25) is 0 Å². The van der Waals surface area contributed by atoms with Gasteiger partial charge < -0.3 is 9.64 Å². The summed E-state index contributed by atoms with van der Waals surface area (Å²) >= 11 is 1.35. The monoisotopic (exact) mass is 519 g/mol. The molecule has 0 atom stereocenters. The Morgan fingerprint density at radius 1 is 0.971 bits per heavy atom. The zero-order chi connectivity index (χ0) is 24.5. The van der Waals surface area contributed by atoms with Gasteiger partial charge in [-0.1, -0.05) is 0 Å². The number of piperazine rings is 1. The highest BCUT2D eigenvalue weighted by molar-refractivity contribution is 7.89. The number of anilines is 1. The Labute approximate surface area is 196 Å². The summed E-state index contributed by atoms with van der Waals surface area (Å²) in [6, 6.07) is 7.35. The number of ether oxygens (including phenoxy) is 1. The largest absolute Gasteiger partial charge is 0.573 e. The van der Waals surface area contributed by atoms with Crippen LogP contribution in [0.25, 0.3) is 0 Å². The molecule has 3 aromatic rings. The lowest BCUT2D eigenvalue weighted by atomic mass is 10.1. The minimum Gasteiger partial charge on any atom is -0.406 e. The Balaban J connectivity index is 1.37. The second-order valence-corrected chi connectivity index (χ2v) is 10.3. The molecule has 182 valence electrons. The summed E-state index contributed by atoms with van der Waals surface area (Å²) in [6.45, 7) is 1.03. The minimum absolute atomic E-state index is 0.130. The summed E-state index contributed by atoms with van der Waals surface area (Å²) in [7, 11) is -3.89. The number of rotatable bonds is 6. The average Bonchev–Trinajstić information content (AvgIpc) is 3.21. The molecule has 1 aliphatic heterocycles. The number of nitrogens with zero attached hydrogens (tertiary/aromatic N) is 3. The summed E-state index contributed by atoms with van der Waals surface area (Å²) in [5.74, 6) is -1.83. The van der Waals surface area contributed by atoms with Crippen LogP contribution in [0.1, 0.15) is 11.3 Å². The molecule has 0 N–H and O–H groups in total. The van der Waals surface area contributed by atoms with Crippen molar-refractivity contribution in [1.82, 2.24) is 9.29 Å². The molecule has 0 saturated carbocycles. The van der Waals surface area contributed by atoms with E-state index < -0.39 is 33.8 Å². The van der Waals surface area contributed by atoms with Crippen LogP contribution in [0.4, 0.5) is 27.1 Å². The van der Waals surface area contributed by atoms with Gasteiger partial charge in [0.1, 0.15) is 17.4 Å². The molecular weight excluding hydrogens is 501 g/mol. The van der Waals surface area contributed by atoms with Crippen molar-refractivity contribution in [3.63, 3.8) is 0 Å². The van der Waals surface area contributed by atoms with Gasteiger partial charge in [-0.05, 0) is 42.0 Å². The van der Waals surface area contributed by atoms with E-state index in [9.17, 15) is 30.4 Å². The lowest BCUT2D eigenvalue weighted by molar-refractivity contribution is -0.274. The molecule has 1 fully saturated rings. The summed E-state index contributed by atoms with van der Waals surface area (Å²) in [5.41, 5.74) is 1.10. The van der Waals surface area contributed by atoms with Crippen LogP contribution in [-0.2, 0) is 16.4 Å². The number of hydrogen-bond donors (Lipinski definition) is 0. The molecule has 0 amide bonds. The van der Waals surface area contributed by atoms with Gasteiger partial charge >= 0.3 is 6.36 Å². The number of halogens is 5. The molecule has 0 radical (unpaired) electrons. The molecule has 1 aromatic heterocycles. The molecule has 0 spiro atoms. The van der Waals surface area contributed by atoms with Gasteiger partial charge in [0.25, 0.3) is 0 Å². The van der Waals surface area contributed by atoms with Crippen LogP contribution in [0.2, 0.25) is 0 Å². The highest BCUT2D eigenvalue weighted by Gasteiger charge is 2.32. The van der Waals surface area contributed by atoms with Gasteiger partial charge in [-0.25, -0.2) is 22.2 Å². The van der Waals surface area contributed by atoms with E-state index in [0.29, 0.717) is 29.5 Å². The smallest absolute Gasteiger partial charge is 0.406 e. The molecule has 1 aliphatic rings. The van der Waals surface area contributed by atoms with Crippen LogP contribution in [0.3, 0.4) is 0 Å². The van der Waals surface area contributed by atoms with E-state index in [2.05, 4.69) is 9.72 Å². The number of aromatic nitrogens is 1. The van der Waals surface area contributed by atoms with Crippen LogP contribution in [-0.4, -0.2) is 50.2 Å². The van der Waals surface area contributed by atoms with Crippen LogP contribution in [0.5, 0.6) is 5.75 Å². The molecule has 6 nitrogen and oxygen atoms in total. The van der Waals surface area contributed by atoms with Crippen LogP contribution >= 0.6 is 11.3 Å². The quantitative estimate of drug-likeness (QED) is 0.452. The fraction of sp³-hybridized carbons (Fsp3) is 0.286. The molecule has 0 unspecified atom stereocenters. The van der Waals surface area contributed by atoms with Crippen molar-refractivity contribution in [3.8, 4) is 5.75 Å². The maximum absolute atomic E-state index is 13.4.